The number of hydrogen-bond donors (Lipinski definition) is 1. The Labute approximate surface area is 235 Å². The zero-order valence-electron chi connectivity index (χ0n) is 23.0. The van der Waals surface area contributed by atoms with Gasteiger partial charge in [0.15, 0.2) is 11.5 Å². The Morgan fingerprint density at radius 3 is 2.23 bits per heavy atom. The molecular formula is C31H38N2O5S. The van der Waals surface area contributed by atoms with Crippen molar-refractivity contribution < 1.29 is 23.8 Å². The highest BCUT2D eigenvalue weighted by Gasteiger charge is 2.34. The summed E-state index contributed by atoms with van der Waals surface area (Å²) < 4.78 is 16.8. The highest BCUT2D eigenvalue weighted by Crippen LogP contribution is 2.41. The van der Waals surface area contributed by atoms with Crippen molar-refractivity contribution >= 4 is 23.2 Å². The Kier molecular flexibility index (Phi) is 10.3. The van der Waals surface area contributed by atoms with E-state index in [0.717, 1.165) is 36.1 Å². The van der Waals surface area contributed by atoms with Crippen LogP contribution in [0.2, 0.25) is 0 Å². The van der Waals surface area contributed by atoms with Gasteiger partial charge in [-0.05, 0) is 54.0 Å². The van der Waals surface area contributed by atoms with E-state index in [1.54, 1.807) is 49.7 Å². The van der Waals surface area contributed by atoms with Crippen LogP contribution in [-0.4, -0.2) is 50.6 Å². The molecular weight excluding hydrogens is 512 g/mol. The number of benzene rings is 2. The van der Waals surface area contributed by atoms with E-state index >= 15 is 0 Å². The van der Waals surface area contributed by atoms with Crippen molar-refractivity contribution in [1.82, 2.24) is 10.2 Å². The molecule has 208 valence electrons. The molecule has 1 unspecified atom stereocenters. The van der Waals surface area contributed by atoms with Crippen LogP contribution in [0.4, 0.5) is 0 Å². The van der Waals surface area contributed by atoms with E-state index in [4.69, 9.17) is 14.2 Å². The van der Waals surface area contributed by atoms with Crippen LogP contribution < -0.4 is 19.5 Å². The third-order valence-corrected chi connectivity index (χ3v) is 8.10. The molecule has 0 spiro atoms. The average Bonchev–Trinajstić information content (AvgIpc) is 3.48. The van der Waals surface area contributed by atoms with Crippen LogP contribution in [0.5, 0.6) is 17.2 Å². The lowest BCUT2D eigenvalue weighted by atomic mass is 9.94. The van der Waals surface area contributed by atoms with Gasteiger partial charge < -0.3 is 24.4 Å². The first-order valence-corrected chi connectivity index (χ1v) is 14.4. The minimum absolute atomic E-state index is 0.0964. The van der Waals surface area contributed by atoms with E-state index < -0.39 is 6.04 Å². The van der Waals surface area contributed by atoms with Crippen molar-refractivity contribution in [3.8, 4) is 17.2 Å². The van der Waals surface area contributed by atoms with E-state index in [1.807, 2.05) is 47.8 Å². The molecule has 0 aliphatic heterocycles. The van der Waals surface area contributed by atoms with Gasteiger partial charge in [0.25, 0.3) is 0 Å². The van der Waals surface area contributed by atoms with Crippen molar-refractivity contribution in [1.29, 1.82) is 0 Å². The van der Waals surface area contributed by atoms with E-state index in [1.165, 1.54) is 6.42 Å². The Morgan fingerprint density at radius 1 is 0.949 bits per heavy atom. The van der Waals surface area contributed by atoms with Gasteiger partial charge in [-0.2, -0.15) is 0 Å². The Balaban J connectivity index is 1.75. The quantitative estimate of drug-likeness (QED) is 0.319. The molecule has 1 heterocycles. The lowest BCUT2D eigenvalue weighted by Crippen LogP contribution is -2.48. The number of amides is 2. The van der Waals surface area contributed by atoms with E-state index in [2.05, 4.69) is 5.32 Å². The van der Waals surface area contributed by atoms with Gasteiger partial charge >= 0.3 is 0 Å². The molecule has 39 heavy (non-hydrogen) atoms. The largest absolute Gasteiger partial charge is 0.493 e. The molecule has 1 aromatic heterocycles. The van der Waals surface area contributed by atoms with Crippen molar-refractivity contribution in [3.05, 3.63) is 76.0 Å². The van der Waals surface area contributed by atoms with E-state index in [0.29, 0.717) is 35.8 Å². The standard InChI is InChI=1S/C31H38N2O5S/c1-36-26-19-23(20-27(37-2)30(26)38-3)29(31(35)32-24-13-8-5-9-14-24)33(17-16-22-11-6-4-7-12-22)28(34)21-25-15-10-18-39-25/h4,6-7,10-12,15,18-20,24,29H,5,8-9,13-14,16-17,21H2,1-3H3,(H,32,35). The van der Waals surface area contributed by atoms with Crippen molar-refractivity contribution in [2.24, 2.45) is 0 Å². The number of thiophene rings is 1. The molecule has 1 fully saturated rings. The van der Waals surface area contributed by atoms with Crippen molar-refractivity contribution in [3.63, 3.8) is 0 Å². The third kappa shape index (κ3) is 7.32. The predicted molar refractivity (Wildman–Crippen MR) is 154 cm³/mol. The summed E-state index contributed by atoms with van der Waals surface area (Å²) in [5, 5.41) is 5.23. The minimum atomic E-state index is -0.864. The van der Waals surface area contributed by atoms with Crippen LogP contribution in [0, 0.1) is 0 Å². The predicted octanol–water partition coefficient (Wildman–Crippen LogP) is 5.58. The first-order chi connectivity index (χ1) is 19.0. The molecule has 0 saturated heterocycles. The van der Waals surface area contributed by atoms with Gasteiger partial charge in [0.2, 0.25) is 17.6 Å². The topological polar surface area (TPSA) is 77.1 Å². The summed E-state index contributed by atoms with van der Waals surface area (Å²) in [5.74, 6) is 1.03. The second-order valence-electron chi connectivity index (χ2n) is 9.78. The van der Waals surface area contributed by atoms with Crippen LogP contribution in [-0.2, 0) is 22.4 Å². The number of hydrogen-bond acceptors (Lipinski definition) is 6. The number of carbonyl (C=O) groups is 2. The third-order valence-electron chi connectivity index (χ3n) is 7.22. The second-order valence-corrected chi connectivity index (χ2v) is 10.8. The normalized spacial score (nSPS) is 14.3. The summed E-state index contributed by atoms with van der Waals surface area (Å²) in [4.78, 5) is 30.7. The summed E-state index contributed by atoms with van der Waals surface area (Å²) >= 11 is 1.54. The lowest BCUT2D eigenvalue weighted by Gasteiger charge is -2.34. The van der Waals surface area contributed by atoms with Gasteiger partial charge in [-0.1, -0.05) is 55.7 Å². The van der Waals surface area contributed by atoms with E-state index in [9.17, 15) is 9.59 Å². The van der Waals surface area contributed by atoms with Gasteiger partial charge in [0, 0.05) is 17.5 Å². The molecule has 3 aromatic rings. The first-order valence-electron chi connectivity index (χ1n) is 13.5. The maximum Gasteiger partial charge on any atom is 0.247 e. The molecule has 1 N–H and O–H groups in total. The Hall–Kier alpha value is -3.52. The summed E-state index contributed by atoms with van der Waals surface area (Å²) in [6, 6.07) is 16.7. The molecule has 1 atom stereocenters. The van der Waals surface area contributed by atoms with Crippen molar-refractivity contribution in [2.45, 2.75) is 57.0 Å². The summed E-state index contributed by atoms with van der Waals surface area (Å²) in [5.41, 5.74) is 1.72. The maximum absolute atomic E-state index is 14.1. The van der Waals surface area contributed by atoms with Crippen LogP contribution in [0.3, 0.4) is 0 Å². The molecule has 2 amide bonds. The molecule has 0 bridgehead atoms. The molecule has 8 heteroatoms. The van der Waals surface area contributed by atoms with Gasteiger partial charge in [-0.25, -0.2) is 0 Å². The summed E-state index contributed by atoms with van der Waals surface area (Å²) in [7, 11) is 4.64. The minimum Gasteiger partial charge on any atom is -0.493 e. The molecule has 1 aliphatic rings. The summed E-state index contributed by atoms with van der Waals surface area (Å²) in [6.07, 6.45) is 6.11. The van der Waals surface area contributed by atoms with Crippen LogP contribution in [0.25, 0.3) is 0 Å². The van der Waals surface area contributed by atoms with Gasteiger partial charge in [-0.3, -0.25) is 9.59 Å². The average molecular weight is 551 g/mol. The maximum atomic E-state index is 14.1. The Morgan fingerprint density at radius 2 is 1.64 bits per heavy atom. The number of rotatable bonds is 12. The SMILES string of the molecule is COc1cc(C(C(=O)NC2CCCCC2)N(CCc2ccccc2)C(=O)Cc2cccs2)cc(OC)c1OC. The van der Waals surface area contributed by atoms with E-state index in [-0.39, 0.29) is 24.3 Å². The molecule has 4 rings (SSSR count). The number of nitrogens with zero attached hydrogens (tertiary/aromatic N) is 1. The molecule has 0 radical (unpaired) electrons. The first kappa shape index (κ1) is 28.5. The van der Waals surface area contributed by atoms with Crippen LogP contribution in [0.15, 0.2) is 60.0 Å². The molecule has 1 saturated carbocycles. The Bertz CT molecular complexity index is 1180. The highest BCUT2D eigenvalue weighted by molar-refractivity contribution is 7.10. The zero-order chi connectivity index (χ0) is 27.6. The number of carbonyl (C=O) groups excluding carboxylic acids is 2. The monoisotopic (exact) mass is 550 g/mol. The number of methoxy groups -OCH3 is 3. The second kappa shape index (κ2) is 14.0. The fourth-order valence-corrected chi connectivity index (χ4v) is 5.91. The molecule has 1 aliphatic carbocycles. The van der Waals surface area contributed by atoms with Gasteiger partial charge in [-0.15, -0.1) is 11.3 Å². The van der Waals surface area contributed by atoms with Crippen LogP contribution in [0.1, 0.15) is 54.1 Å². The van der Waals surface area contributed by atoms with Gasteiger partial charge in [0.1, 0.15) is 6.04 Å². The van der Waals surface area contributed by atoms with Gasteiger partial charge in [0.05, 0.1) is 27.8 Å². The number of ether oxygens (including phenoxy) is 3. The highest BCUT2D eigenvalue weighted by atomic mass is 32.1. The fraction of sp³-hybridized carbons (Fsp3) is 0.419. The fourth-order valence-electron chi connectivity index (χ4n) is 5.21. The molecule has 7 nitrogen and oxygen atoms in total. The zero-order valence-corrected chi connectivity index (χ0v) is 23.8. The molecule has 2 aromatic carbocycles. The van der Waals surface area contributed by atoms with Crippen molar-refractivity contribution in [2.75, 3.05) is 27.9 Å². The lowest BCUT2D eigenvalue weighted by molar-refractivity contribution is -0.140. The van der Waals surface area contributed by atoms with Crippen LogP contribution >= 0.6 is 11.3 Å². The summed E-state index contributed by atoms with van der Waals surface area (Å²) in [6.45, 7) is 0.383. The smallest absolute Gasteiger partial charge is 0.247 e. The number of nitrogens with one attached hydrogen (secondary N) is 1.